The van der Waals surface area contributed by atoms with Crippen molar-refractivity contribution in [3.63, 3.8) is 0 Å². The van der Waals surface area contributed by atoms with E-state index < -0.39 is 10.2 Å². The minimum atomic E-state index is -0.748. The van der Waals surface area contributed by atoms with Crippen LogP contribution in [0.25, 0.3) is 0 Å². The van der Waals surface area contributed by atoms with E-state index in [9.17, 15) is 9.90 Å². The van der Waals surface area contributed by atoms with Crippen LogP contribution in [0.15, 0.2) is 21.7 Å². The van der Waals surface area contributed by atoms with E-state index in [1.54, 1.807) is 0 Å². The Balaban J connectivity index is 3.56. The first-order valence-electron chi connectivity index (χ1n) is 5.67. The molecule has 11 heteroatoms. The van der Waals surface area contributed by atoms with Crippen LogP contribution >= 0.6 is 0 Å². The highest BCUT2D eigenvalue weighted by atomic mass is 27.1. The minimum absolute atomic E-state index is 0.0313. The molecule has 1 aliphatic carbocycles. The first kappa shape index (κ1) is 17.6. The van der Waals surface area contributed by atoms with Crippen LogP contribution in [0.4, 0.5) is 0 Å². The molecule has 0 radical (unpaired) electrons. The fraction of sp³-hybridized carbons (Fsp3) is 0.286. The second-order valence-electron chi connectivity index (χ2n) is 4.49. The summed E-state index contributed by atoms with van der Waals surface area (Å²) in [7, 11) is 0. The van der Waals surface area contributed by atoms with Crippen molar-refractivity contribution in [2.24, 2.45) is 0 Å². The third-order valence-electron chi connectivity index (χ3n) is 3.88. The topological polar surface area (TPSA) is 65.0 Å². The Morgan fingerprint density at radius 2 is 1.67 bits per heavy atom. The Labute approximate surface area is 155 Å². The van der Waals surface area contributed by atoms with Crippen LogP contribution in [-0.2, 0) is 16.2 Å². The lowest BCUT2D eigenvalue weighted by molar-refractivity contribution is -0.139. The second-order valence-corrected chi connectivity index (χ2v) is 9.45. The fourth-order valence-corrected chi connectivity index (χ4v) is 7.98. The van der Waals surface area contributed by atoms with Crippen molar-refractivity contribution in [2.45, 2.75) is 9.06 Å². The molecule has 0 spiro atoms. The van der Waals surface area contributed by atoms with Gasteiger partial charge in [0.1, 0.15) is 5.76 Å². The van der Waals surface area contributed by atoms with E-state index >= 15 is 0 Å². The highest BCUT2D eigenvalue weighted by Gasteiger charge is 2.47. The van der Waals surface area contributed by atoms with Crippen LogP contribution in [0.1, 0.15) is 0 Å². The smallest absolute Gasteiger partial charge is 0.497 e. The van der Waals surface area contributed by atoms with Gasteiger partial charge >= 0.3 is 49.9 Å². The molecule has 0 heterocycles. The Hall–Kier alpha value is 1.54. The number of carboxylic acids is 1. The average Bonchev–Trinajstić information content (AvgIpc) is 2.35. The number of aliphatic carboxylic acids is 1. The molecule has 2 atom stereocenters. The lowest BCUT2D eigenvalue weighted by Gasteiger charge is -2.42. The molecule has 0 amide bonds. The summed E-state index contributed by atoms with van der Waals surface area (Å²) in [5, 5.41) is 9.63. The lowest BCUT2D eigenvalue weighted by atomic mass is 9.94. The van der Waals surface area contributed by atoms with Crippen molar-refractivity contribution >= 4 is 105 Å². The van der Waals surface area contributed by atoms with E-state index in [1.807, 2.05) is 0 Å². The van der Waals surface area contributed by atoms with E-state index in [2.05, 4.69) is 0 Å². The standard InChI is InChI=1S/C7H5O5.6Al.12H/c8-4-1-3(7(11)12)2-5(9)6(4)10;;;;;;;;;;;;;;;;;;/h1,8-10H,(H,11,12);;;;;;;;;;;;;;;;;;/q;;;;3*+1;;;;;;;;;;;;/p-3. The number of rotatable bonds is 4. The zero-order chi connectivity index (χ0) is 14.1. The molecule has 2 unspecified atom stereocenters. The summed E-state index contributed by atoms with van der Waals surface area (Å²) in [6.07, 6.45) is 0. The average molecular weight is 340 g/mol. The summed E-state index contributed by atoms with van der Waals surface area (Å²) >= 11 is 3.62. The van der Waals surface area contributed by atoms with Crippen LogP contribution in [0.2, 0.25) is 9.06 Å². The van der Waals surface area contributed by atoms with Crippen molar-refractivity contribution < 1.29 is 21.3 Å². The van der Waals surface area contributed by atoms with Crippen LogP contribution < -0.4 is 0 Å². The Bertz CT molecular complexity index is 434. The van der Waals surface area contributed by atoms with E-state index in [1.165, 1.54) is 0 Å². The van der Waals surface area contributed by atoms with Crippen molar-refractivity contribution in [2.75, 3.05) is 0 Å². The lowest BCUT2D eigenvalue weighted by Crippen LogP contribution is -2.37. The predicted octanol–water partition coefficient (Wildman–Crippen LogP) is -4.95. The number of hydrogen-bond donors (Lipinski definition) is 1. The van der Waals surface area contributed by atoms with Gasteiger partial charge in [0.2, 0.25) is 32.6 Å². The second kappa shape index (κ2) is 7.01. The van der Waals surface area contributed by atoms with Gasteiger partial charge in [-0.1, -0.05) is 4.44 Å². The summed E-state index contributed by atoms with van der Waals surface area (Å²) in [5.41, 5.74) is 0. The molecule has 0 aromatic carbocycles. The third kappa shape index (κ3) is 2.78. The maximum Gasteiger partial charge on any atom is 0.497 e. The Morgan fingerprint density at radius 3 is 2.00 bits per heavy atom. The maximum atomic E-state index is 11.7. The van der Waals surface area contributed by atoms with Crippen LogP contribution in [0.3, 0.4) is 0 Å². The first-order valence-corrected chi connectivity index (χ1v) is 11.3. The number of hydrogen-bond acceptors (Lipinski definition) is 4. The summed E-state index contributed by atoms with van der Waals surface area (Å²) < 4.78 is 16.8. The van der Waals surface area contributed by atoms with Gasteiger partial charge < -0.3 is 16.5 Å². The molecule has 1 N–H and O–H groups in total. The first-order chi connectivity index (χ1) is 8.35. The van der Waals surface area contributed by atoms with Crippen LogP contribution in [0.5, 0.6) is 0 Å². The van der Waals surface area contributed by atoms with Gasteiger partial charge in [0, 0.05) is 4.28 Å². The van der Waals surface area contributed by atoms with Gasteiger partial charge in [0.05, 0.1) is 5.76 Å². The quantitative estimate of drug-likeness (QED) is 0.520. The SMILES string of the molecule is O=C(O)[C]1([AlH2])[C]([AlH2])=C([O][AlH2])C([O][AlH2])=C([O][AlH2])[CH]1[AlH2]. The Kier molecular flexibility index (Phi) is 6.85. The molecule has 0 bridgehead atoms. The molecule has 0 saturated heterocycles. The molecule has 90 valence electrons. The maximum absolute atomic E-state index is 11.7. The molecular weight excluding hydrogens is 326 g/mol. The number of carboxylic acid groups (broad SMARTS) is 1. The van der Waals surface area contributed by atoms with E-state index in [0.717, 1.165) is 26.5 Å². The normalized spacial score (nSPS) is 27.9. The molecular formula is C7H14Al6O5. The largest absolute Gasteiger partial charge is 0.649 e. The number of allylic oxidation sites excluding steroid dienone is 1. The van der Waals surface area contributed by atoms with Crippen LogP contribution in [0, 0.1) is 0 Å². The zero-order valence-electron chi connectivity index (χ0n) is 11.7. The summed E-state index contributed by atoms with van der Waals surface area (Å²) in [6.45, 7) is 0. The molecule has 0 aromatic rings. The molecule has 1 rings (SSSR count). The van der Waals surface area contributed by atoms with Gasteiger partial charge in [0.15, 0.2) is 5.76 Å². The molecule has 0 saturated carbocycles. The fourth-order valence-electron chi connectivity index (χ4n) is 2.36. The van der Waals surface area contributed by atoms with Gasteiger partial charge in [-0.05, 0) is 4.78 Å². The molecule has 0 aromatic heterocycles. The van der Waals surface area contributed by atoms with Gasteiger partial charge in [-0.2, -0.15) is 0 Å². The summed E-state index contributed by atoms with van der Waals surface area (Å²) in [5.74, 6) is 1.34. The highest BCUT2D eigenvalue weighted by Crippen LogP contribution is 2.52. The van der Waals surface area contributed by atoms with E-state index in [0.29, 0.717) is 94.0 Å². The van der Waals surface area contributed by atoms with Gasteiger partial charge in [0.25, 0.3) is 22.3 Å². The predicted molar refractivity (Wildman–Crippen MR) is 82.6 cm³/mol. The molecule has 18 heavy (non-hydrogen) atoms. The van der Waals surface area contributed by atoms with Crippen molar-refractivity contribution in [3.05, 3.63) is 21.7 Å². The van der Waals surface area contributed by atoms with Gasteiger partial charge in [-0.15, -0.1) is 0 Å². The monoisotopic (exact) mass is 340 g/mol. The zero-order valence-corrected chi connectivity index (χ0v) is 23.7. The third-order valence-corrected chi connectivity index (χ3v) is 12.5. The summed E-state index contributed by atoms with van der Waals surface area (Å²) in [4.78, 5) is 11.7. The van der Waals surface area contributed by atoms with Crippen molar-refractivity contribution in [1.82, 2.24) is 0 Å². The van der Waals surface area contributed by atoms with E-state index in [4.69, 9.17) is 11.4 Å². The van der Waals surface area contributed by atoms with Gasteiger partial charge in [-0.3, -0.25) is 4.79 Å². The van der Waals surface area contributed by atoms with Gasteiger partial charge in [-0.25, -0.2) is 0 Å². The molecule has 5 nitrogen and oxygen atoms in total. The minimum Gasteiger partial charge on any atom is -0.649 e. The molecule has 0 fully saturated rings. The highest BCUT2D eigenvalue weighted by molar-refractivity contribution is 6.44. The summed E-state index contributed by atoms with van der Waals surface area (Å²) in [6, 6.07) is 0. The molecule has 1 aliphatic rings. The Morgan fingerprint density at radius 1 is 1.17 bits per heavy atom. The van der Waals surface area contributed by atoms with E-state index in [-0.39, 0.29) is 4.78 Å². The van der Waals surface area contributed by atoms with Crippen LogP contribution in [-0.4, -0.2) is 110 Å². The van der Waals surface area contributed by atoms with Crippen molar-refractivity contribution in [1.29, 1.82) is 0 Å². The van der Waals surface area contributed by atoms with Crippen molar-refractivity contribution in [3.8, 4) is 0 Å². The number of carbonyl (C=O) groups is 1. The molecule has 0 aliphatic heterocycles.